The molecule has 5 heteroatoms. The maximum absolute atomic E-state index is 11.2. The normalized spacial score (nSPS) is 19.5. The number of nitrogen functional groups attached to an aromatic ring is 1. The van der Waals surface area contributed by atoms with Crippen molar-refractivity contribution < 1.29 is 4.79 Å². The third kappa shape index (κ3) is 3.17. The van der Waals surface area contributed by atoms with Crippen LogP contribution >= 0.6 is 0 Å². The van der Waals surface area contributed by atoms with Crippen LogP contribution in [0.1, 0.15) is 30.1 Å². The first kappa shape index (κ1) is 13.7. The summed E-state index contributed by atoms with van der Waals surface area (Å²) in [6.07, 6.45) is 2.45. The SMILES string of the molecule is CCN1CCCC1CNc1cc(C(N)=O)ccc1N. The van der Waals surface area contributed by atoms with Gasteiger partial charge in [0.05, 0.1) is 11.4 Å². The summed E-state index contributed by atoms with van der Waals surface area (Å²) in [5.41, 5.74) is 13.1. The summed E-state index contributed by atoms with van der Waals surface area (Å²) < 4.78 is 0. The Hall–Kier alpha value is -1.75. The Labute approximate surface area is 113 Å². The van der Waals surface area contributed by atoms with Crippen LogP contribution in [0.5, 0.6) is 0 Å². The summed E-state index contributed by atoms with van der Waals surface area (Å²) in [5, 5.41) is 3.34. The van der Waals surface area contributed by atoms with E-state index < -0.39 is 5.91 Å². The van der Waals surface area contributed by atoms with Crippen molar-refractivity contribution in [3.05, 3.63) is 23.8 Å². The quantitative estimate of drug-likeness (QED) is 0.698. The third-order valence-corrected chi connectivity index (χ3v) is 3.77. The van der Waals surface area contributed by atoms with E-state index in [0.717, 1.165) is 18.8 Å². The predicted molar refractivity (Wildman–Crippen MR) is 78.1 cm³/mol. The van der Waals surface area contributed by atoms with E-state index in [0.29, 0.717) is 17.3 Å². The van der Waals surface area contributed by atoms with Gasteiger partial charge in [-0.15, -0.1) is 0 Å². The van der Waals surface area contributed by atoms with Crippen molar-refractivity contribution in [1.29, 1.82) is 0 Å². The molecule has 19 heavy (non-hydrogen) atoms. The number of nitrogens with one attached hydrogen (secondary N) is 1. The molecule has 2 rings (SSSR count). The maximum atomic E-state index is 11.2. The molecular formula is C14H22N4O. The summed E-state index contributed by atoms with van der Waals surface area (Å²) >= 11 is 0. The minimum absolute atomic E-state index is 0.431. The van der Waals surface area contributed by atoms with E-state index in [1.54, 1.807) is 18.2 Å². The van der Waals surface area contributed by atoms with Gasteiger partial charge in [0.2, 0.25) is 5.91 Å². The smallest absolute Gasteiger partial charge is 0.248 e. The fraction of sp³-hybridized carbons (Fsp3) is 0.500. The van der Waals surface area contributed by atoms with Crippen LogP contribution in [0.25, 0.3) is 0 Å². The largest absolute Gasteiger partial charge is 0.397 e. The van der Waals surface area contributed by atoms with Crippen molar-refractivity contribution in [2.24, 2.45) is 5.73 Å². The van der Waals surface area contributed by atoms with Crippen molar-refractivity contribution in [1.82, 2.24) is 4.90 Å². The van der Waals surface area contributed by atoms with E-state index in [1.807, 2.05) is 0 Å². The van der Waals surface area contributed by atoms with Gasteiger partial charge in [-0.3, -0.25) is 9.69 Å². The van der Waals surface area contributed by atoms with E-state index in [9.17, 15) is 4.79 Å². The Morgan fingerprint density at radius 2 is 2.32 bits per heavy atom. The number of rotatable bonds is 5. The molecule has 1 unspecified atom stereocenters. The summed E-state index contributed by atoms with van der Waals surface area (Å²) in [7, 11) is 0. The molecule has 1 saturated heterocycles. The molecular weight excluding hydrogens is 240 g/mol. The molecule has 1 heterocycles. The molecule has 1 aromatic carbocycles. The van der Waals surface area contributed by atoms with Gasteiger partial charge in [-0.1, -0.05) is 6.92 Å². The molecule has 5 nitrogen and oxygen atoms in total. The van der Waals surface area contributed by atoms with Gasteiger partial charge in [0, 0.05) is 18.2 Å². The number of likely N-dealkylation sites (tertiary alicyclic amines) is 1. The first-order valence-corrected chi connectivity index (χ1v) is 6.79. The number of primary amides is 1. The molecule has 0 bridgehead atoms. The first-order valence-electron chi connectivity index (χ1n) is 6.79. The van der Waals surface area contributed by atoms with E-state index in [1.165, 1.54) is 19.4 Å². The van der Waals surface area contributed by atoms with Crippen molar-refractivity contribution in [2.75, 3.05) is 30.7 Å². The van der Waals surface area contributed by atoms with Gasteiger partial charge in [0.1, 0.15) is 0 Å². The van der Waals surface area contributed by atoms with E-state index in [4.69, 9.17) is 11.5 Å². The standard InChI is InChI=1S/C14H22N4O/c1-2-18-7-3-4-11(18)9-17-13-8-10(14(16)19)5-6-12(13)15/h5-6,8,11,17H,2-4,7,9,15H2,1H3,(H2,16,19). The molecule has 1 amide bonds. The highest BCUT2D eigenvalue weighted by atomic mass is 16.1. The van der Waals surface area contributed by atoms with E-state index in [2.05, 4.69) is 17.1 Å². The van der Waals surface area contributed by atoms with Crippen molar-refractivity contribution in [2.45, 2.75) is 25.8 Å². The maximum Gasteiger partial charge on any atom is 0.248 e. The Bertz CT molecular complexity index is 461. The molecule has 0 aromatic heterocycles. The predicted octanol–water partition coefficient (Wildman–Crippen LogP) is 1.26. The van der Waals surface area contributed by atoms with Gasteiger partial charge < -0.3 is 16.8 Å². The lowest BCUT2D eigenvalue weighted by Crippen LogP contribution is -2.34. The number of anilines is 2. The second-order valence-corrected chi connectivity index (χ2v) is 4.97. The number of nitrogens with two attached hydrogens (primary N) is 2. The number of likely N-dealkylation sites (N-methyl/N-ethyl adjacent to an activating group) is 1. The molecule has 1 atom stereocenters. The zero-order valence-electron chi connectivity index (χ0n) is 11.4. The number of carbonyl (C=O) groups is 1. The number of carbonyl (C=O) groups excluding carboxylic acids is 1. The number of nitrogens with zero attached hydrogens (tertiary/aromatic N) is 1. The van der Waals surface area contributed by atoms with Gasteiger partial charge in [-0.2, -0.15) is 0 Å². The monoisotopic (exact) mass is 262 g/mol. The first-order chi connectivity index (χ1) is 9.11. The van der Waals surface area contributed by atoms with Crippen molar-refractivity contribution >= 4 is 17.3 Å². The summed E-state index contributed by atoms with van der Waals surface area (Å²) in [6.45, 7) is 5.27. The molecule has 1 aliphatic rings. The van der Waals surface area contributed by atoms with Crippen LogP contribution in [0.3, 0.4) is 0 Å². The Morgan fingerprint density at radius 1 is 1.53 bits per heavy atom. The number of hydrogen-bond acceptors (Lipinski definition) is 4. The summed E-state index contributed by atoms with van der Waals surface area (Å²) in [4.78, 5) is 13.6. The van der Waals surface area contributed by atoms with E-state index in [-0.39, 0.29) is 0 Å². The van der Waals surface area contributed by atoms with Gasteiger partial charge in [0.25, 0.3) is 0 Å². The highest BCUT2D eigenvalue weighted by Gasteiger charge is 2.22. The van der Waals surface area contributed by atoms with Gasteiger partial charge in [0.15, 0.2) is 0 Å². The lowest BCUT2D eigenvalue weighted by molar-refractivity contribution is 0.100. The minimum Gasteiger partial charge on any atom is -0.397 e. The molecule has 1 fully saturated rings. The van der Waals surface area contributed by atoms with Crippen LogP contribution in [0.4, 0.5) is 11.4 Å². The molecule has 0 aliphatic carbocycles. The molecule has 5 N–H and O–H groups in total. The van der Waals surface area contributed by atoms with Crippen LogP contribution in [-0.2, 0) is 0 Å². The second-order valence-electron chi connectivity index (χ2n) is 4.97. The minimum atomic E-state index is -0.431. The fourth-order valence-corrected chi connectivity index (χ4v) is 2.63. The number of benzene rings is 1. The summed E-state index contributed by atoms with van der Waals surface area (Å²) in [5.74, 6) is -0.431. The zero-order chi connectivity index (χ0) is 13.8. The zero-order valence-corrected chi connectivity index (χ0v) is 11.4. The number of hydrogen-bond donors (Lipinski definition) is 3. The molecule has 1 aromatic rings. The van der Waals surface area contributed by atoms with Crippen LogP contribution in [0.2, 0.25) is 0 Å². The third-order valence-electron chi connectivity index (χ3n) is 3.77. The van der Waals surface area contributed by atoms with Gasteiger partial charge in [-0.05, 0) is 44.1 Å². The van der Waals surface area contributed by atoms with Gasteiger partial charge >= 0.3 is 0 Å². The molecule has 104 valence electrons. The Morgan fingerprint density at radius 3 is 3.00 bits per heavy atom. The average Bonchev–Trinajstić information content (AvgIpc) is 2.85. The fourth-order valence-electron chi connectivity index (χ4n) is 2.63. The Balaban J connectivity index is 2.02. The topological polar surface area (TPSA) is 84.4 Å². The molecule has 0 saturated carbocycles. The van der Waals surface area contributed by atoms with Crippen molar-refractivity contribution in [3.8, 4) is 0 Å². The van der Waals surface area contributed by atoms with E-state index >= 15 is 0 Å². The van der Waals surface area contributed by atoms with Crippen molar-refractivity contribution in [3.63, 3.8) is 0 Å². The van der Waals surface area contributed by atoms with Crippen LogP contribution < -0.4 is 16.8 Å². The van der Waals surface area contributed by atoms with Crippen LogP contribution in [0, 0.1) is 0 Å². The Kier molecular flexibility index (Phi) is 4.27. The summed E-state index contributed by atoms with van der Waals surface area (Å²) in [6, 6.07) is 5.63. The van der Waals surface area contributed by atoms with Crippen LogP contribution in [-0.4, -0.2) is 36.5 Å². The second kappa shape index (κ2) is 5.93. The highest BCUT2D eigenvalue weighted by Crippen LogP contribution is 2.22. The highest BCUT2D eigenvalue weighted by molar-refractivity contribution is 5.94. The molecule has 0 spiro atoms. The van der Waals surface area contributed by atoms with Gasteiger partial charge in [-0.25, -0.2) is 0 Å². The van der Waals surface area contributed by atoms with Crippen LogP contribution in [0.15, 0.2) is 18.2 Å². The molecule has 0 radical (unpaired) electrons. The molecule has 1 aliphatic heterocycles. The number of amides is 1. The lowest BCUT2D eigenvalue weighted by atomic mass is 10.1. The average molecular weight is 262 g/mol. The lowest BCUT2D eigenvalue weighted by Gasteiger charge is -2.23.